The summed E-state index contributed by atoms with van der Waals surface area (Å²) in [6.45, 7) is 0.00294. The molecule has 0 bridgehead atoms. The van der Waals surface area contributed by atoms with Gasteiger partial charge < -0.3 is 19.7 Å². The van der Waals surface area contributed by atoms with Gasteiger partial charge in [0.15, 0.2) is 6.61 Å². The molecule has 0 saturated heterocycles. The molecule has 0 aliphatic heterocycles. The van der Waals surface area contributed by atoms with Crippen molar-refractivity contribution in [3.63, 3.8) is 0 Å². The van der Waals surface area contributed by atoms with Gasteiger partial charge in [-0.15, -0.1) is 0 Å². The van der Waals surface area contributed by atoms with Crippen LogP contribution in [0.25, 0.3) is 0 Å². The lowest BCUT2D eigenvalue weighted by molar-refractivity contribution is -0.143. The highest BCUT2D eigenvalue weighted by atomic mass is 79.9. The van der Waals surface area contributed by atoms with Crippen molar-refractivity contribution in [2.24, 2.45) is 0 Å². The van der Waals surface area contributed by atoms with Crippen molar-refractivity contribution in [2.75, 3.05) is 13.7 Å². The number of nitrogens with zero attached hydrogens (tertiary/aromatic N) is 1. The first-order valence-corrected chi connectivity index (χ1v) is 14.4. The molecule has 0 radical (unpaired) electrons. The fourth-order valence-electron chi connectivity index (χ4n) is 4.88. The van der Waals surface area contributed by atoms with Crippen molar-refractivity contribution in [3.05, 3.63) is 93.4 Å². The fourth-order valence-corrected chi connectivity index (χ4v) is 5.68. The Morgan fingerprint density at radius 3 is 2.46 bits per heavy atom. The summed E-state index contributed by atoms with van der Waals surface area (Å²) >= 11 is 9.51. The molecule has 2 amide bonds. The SMILES string of the molecule is COc1cccc(CN(C(=O)COc2ccc(Cl)cc2Br)[C@@H](Cc2ccccc2)C(=O)NC2CCCCC2)c1. The van der Waals surface area contributed by atoms with Gasteiger partial charge in [-0.2, -0.15) is 0 Å². The van der Waals surface area contributed by atoms with Crippen molar-refractivity contribution >= 4 is 39.3 Å². The van der Waals surface area contributed by atoms with Crippen molar-refractivity contribution in [3.8, 4) is 11.5 Å². The molecule has 1 atom stereocenters. The second-order valence-electron chi connectivity index (χ2n) is 9.79. The third-order valence-electron chi connectivity index (χ3n) is 6.95. The number of amides is 2. The van der Waals surface area contributed by atoms with E-state index < -0.39 is 6.04 Å². The van der Waals surface area contributed by atoms with Gasteiger partial charge in [0.05, 0.1) is 11.6 Å². The summed E-state index contributed by atoms with van der Waals surface area (Å²) in [5.74, 6) is 0.752. The Labute approximate surface area is 243 Å². The van der Waals surface area contributed by atoms with Crippen molar-refractivity contribution in [1.82, 2.24) is 10.2 Å². The minimum absolute atomic E-state index is 0.125. The standard InChI is InChI=1S/C31H34BrClN2O4/c1-38-26-14-8-11-23(17-26)20-35(30(36)21-39-29-16-15-24(33)19-27(29)32)28(18-22-9-4-2-5-10-22)31(37)34-25-12-6-3-7-13-25/h2,4-5,8-11,14-17,19,25,28H,3,6-7,12-13,18,20-21H2,1H3,(H,34,37)/t28-/m0/s1. The van der Waals surface area contributed by atoms with Crippen molar-refractivity contribution < 1.29 is 19.1 Å². The molecule has 1 saturated carbocycles. The van der Waals surface area contributed by atoms with E-state index in [1.807, 2.05) is 54.6 Å². The van der Waals surface area contributed by atoms with Crippen molar-refractivity contribution in [1.29, 1.82) is 0 Å². The Balaban J connectivity index is 1.63. The van der Waals surface area contributed by atoms with Gasteiger partial charge in [-0.3, -0.25) is 9.59 Å². The highest BCUT2D eigenvalue weighted by molar-refractivity contribution is 9.10. The molecule has 206 valence electrons. The van der Waals surface area contributed by atoms with Crippen LogP contribution in [0.4, 0.5) is 0 Å². The molecule has 1 fully saturated rings. The normalized spacial score (nSPS) is 14.3. The van der Waals surface area contributed by atoms with E-state index in [2.05, 4.69) is 21.2 Å². The number of ether oxygens (including phenoxy) is 2. The number of halogens is 2. The summed E-state index contributed by atoms with van der Waals surface area (Å²) in [6.07, 6.45) is 5.70. The third kappa shape index (κ3) is 8.48. The number of nitrogens with one attached hydrogen (secondary N) is 1. The maximum atomic E-state index is 13.8. The van der Waals surface area contributed by atoms with Crippen LogP contribution in [0.1, 0.15) is 43.2 Å². The fraction of sp³-hybridized carbons (Fsp3) is 0.355. The zero-order chi connectivity index (χ0) is 27.6. The van der Waals surface area contributed by atoms with E-state index in [0.29, 0.717) is 27.4 Å². The van der Waals surface area contributed by atoms with E-state index in [1.165, 1.54) is 6.42 Å². The molecule has 4 rings (SSSR count). The molecular weight excluding hydrogens is 580 g/mol. The van der Waals surface area contributed by atoms with E-state index in [-0.39, 0.29) is 31.0 Å². The maximum absolute atomic E-state index is 13.8. The third-order valence-corrected chi connectivity index (χ3v) is 7.81. The number of carbonyl (C=O) groups excluding carboxylic acids is 2. The minimum atomic E-state index is -0.717. The van der Waals surface area contributed by atoms with Crippen LogP contribution in [0.3, 0.4) is 0 Å². The van der Waals surface area contributed by atoms with E-state index in [4.69, 9.17) is 21.1 Å². The highest BCUT2D eigenvalue weighted by Crippen LogP contribution is 2.28. The van der Waals surface area contributed by atoms with Gasteiger partial charge in [-0.25, -0.2) is 0 Å². The summed E-state index contributed by atoms with van der Waals surface area (Å²) < 4.78 is 12.0. The second kappa shape index (κ2) is 14.4. The summed E-state index contributed by atoms with van der Waals surface area (Å²) in [4.78, 5) is 29.3. The number of benzene rings is 3. The molecule has 6 nitrogen and oxygen atoms in total. The average molecular weight is 614 g/mol. The Kier molecular flexibility index (Phi) is 10.7. The first-order chi connectivity index (χ1) is 18.9. The number of rotatable bonds is 11. The molecule has 1 aliphatic carbocycles. The van der Waals surface area contributed by atoms with Crippen LogP contribution in [0.15, 0.2) is 77.3 Å². The Morgan fingerprint density at radius 2 is 1.74 bits per heavy atom. The molecule has 39 heavy (non-hydrogen) atoms. The Morgan fingerprint density at radius 1 is 1.00 bits per heavy atom. The van der Waals surface area contributed by atoms with Crippen LogP contribution in [0.2, 0.25) is 5.02 Å². The van der Waals surface area contributed by atoms with Crippen LogP contribution >= 0.6 is 27.5 Å². The monoisotopic (exact) mass is 612 g/mol. The van der Waals surface area contributed by atoms with Crippen LogP contribution in [-0.2, 0) is 22.6 Å². The maximum Gasteiger partial charge on any atom is 0.261 e. The predicted molar refractivity (Wildman–Crippen MR) is 157 cm³/mol. The van der Waals surface area contributed by atoms with E-state index >= 15 is 0 Å². The van der Waals surface area contributed by atoms with Crippen molar-refractivity contribution in [2.45, 2.75) is 57.2 Å². The minimum Gasteiger partial charge on any atom is -0.497 e. The molecule has 1 N–H and O–H groups in total. The lowest BCUT2D eigenvalue weighted by Crippen LogP contribution is -2.53. The van der Waals surface area contributed by atoms with Gasteiger partial charge >= 0.3 is 0 Å². The van der Waals surface area contributed by atoms with Crippen LogP contribution in [0, 0.1) is 0 Å². The number of carbonyl (C=O) groups is 2. The molecule has 1 aliphatic rings. The Bertz CT molecular complexity index is 1250. The van der Waals surface area contributed by atoms with Gasteiger partial charge in [0.2, 0.25) is 5.91 Å². The molecule has 0 aromatic heterocycles. The zero-order valence-corrected chi connectivity index (χ0v) is 24.4. The van der Waals surface area contributed by atoms with E-state index in [0.717, 1.165) is 36.8 Å². The molecule has 0 unspecified atom stereocenters. The van der Waals surface area contributed by atoms with Gasteiger partial charge in [0, 0.05) is 24.0 Å². The first kappa shape index (κ1) is 29.0. The van der Waals surface area contributed by atoms with E-state index in [1.54, 1.807) is 30.2 Å². The smallest absolute Gasteiger partial charge is 0.261 e. The Hall–Kier alpha value is -3.03. The van der Waals surface area contributed by atoms with Gasteiger partial charge in [-0.05, 0) is 70.2 Å². The molecular formula is C31H34BrClN2O4. The largest absolute Gasteiger partial charge is 0.497 e. The zero-order valence-electron chi connectivity index (χ0n) is 22.1. The van der Waals surface area contributed by atoms with Gasteiger partial charge in [0.1, 0.15) is 17.5 Å². The summed E-state index contributed by atoms with van der Waals surface area (Å²) in [5.41, 5.74) is 1.84. The summed E-state index contributed by atoms with van der Waals surface area (Å²) in [5, 5.41) is 3.81. The average Bonchev–Trinajstić information content (AvgIpc) is 2.95. The van der Waals surface area contributed by atoms with E-state index in [9.17, 15) is 9.59 Å². The van der Waals surface area contributed by atoms with Crippen LogP contribution in [-0.4, -0.2) is 42.5 Å². The lowest BCUT2D eigenvalue weighted by atomic mass is 9.94. The van der Waals surface area contributed by atoms with Gasteiger partial charge in [0.25, 0.3) is 5.91 Å². The van der Waals surface area contributed by atoms with Crippen LogP contribution in [0.5, 0.6) is 11.5 Å². The number of methoxy groups -OCH3 is 1. The molecule has 3 aromatic carbocycles. The summed E-state index contributed by atoms with van der Waals surface area (Å²) in [7, 11) is 1.61. The number of hydrogen-bond donors (Lipinski definition) is 1. The van der Waals surface area contributed by atoms with Crippen LogP contribution < -0.4 is 14.8 Å². The quantitative estimate of drug-likeness (QED) is 0.265. The second-order valence-corrected chi connectivity index (χ2v) is 11.1. The molecule has 0 heterocycles. The lowest BCUT2D eigenvalue weighted by Gasteiger charge is -2.33. The molecule has 8 heteroatoms. The number of hydrogen-bond acceptors (Lipinski definition) is 4. The first-order valence-electron chi connectivity index (χ1n) is 13.3. The highest BCUT2D eigenvalue weighted by Gasteiger charge is 2.32. The topological polar surface area (TPSA) is 67.9 Å². The summed E-state index contributed by atoms with van der Waals surface area (Å²) in [6, 6.07) is 21.9. The molecule has 3 aromatic rings. The van der Waals surface area contributed by atoms with Gasteiger partial charge in [-0.1, -0.05) is 73.3 Å². The predicted octanol–water partition coefficient (Wildman–Crippen LogP) is 6.58. The molecule has 0 spiro atoms.